The zero-order valence-corrected chi connectivity index (χ0v) is 13.7. The molecule has 0 atom stereocenters. The van der Waals surface area contributed by atoms with Gasteiger partial charge in [-0.15, -0.1) is 0 Å². The largest absolute Gasteiger partial charge is 0.457 e. The number of benzene rings is 2. The maximum absolute atomic E-state index is 11.1. The summed E-state index contributed by atoms with van der Waals surface area (Å²) in [7, 11) is -0.936. The van der Waals surface area contributed by atoms with Crippen molar-refractivity contribution in [2.24, 2.45) is 0 Å². The van der Waals surface area contributed by atoms with Crippen LogP contribution in [0.1, 0.15) is 6.42 Å². The van der Waals surface area contributed by atoms with Crippen molar-refractivity contribution in [1.82, 2.24) is 0 Å². The van der Waals surface area contributed by atoms with Gasteiger partial charge in [-0.2, -0.15) is 0 Å². The van der Waals surface area contributed by atoms with Gasteiger partial charge in [-0.3, -0.25) is 0 Å². The molecule has 5 heteroatoms. The van der Waals surface area contributed by atoms with Gasteiger partial charge in [0, 0.05) is 25.5 Å². The summed E-state index contributed by atoms with van der Waals surface area (Å²) in [6.45, 7) is 0.700. The first kappa shape index (κ1) is 16.4. The minimum absolute atomic E-state index is 0.215. The fraction of sp³-hybridized carbons (Fsp3) is 0.294. The second-order valence-corrected chi connectivity index (χ2v) is 7.57. The van der Waals surface area contributed by atoms with Crippen LogP contribution in [0.25, 0.3) is 0 Å². The highest BCUT2D eigenvalue weighted by Crippen LogP contribution is 2.23. The van der Waals surface area contributed by atoms with Crippen LogP contribution in [-0.4, -0.2) is 34.0 Å². The molecule has 0 saturated carbocycles. The average molecular weight is 319 g/mol. The van der Waals surface area contributed by atoms with Crippen LogP contribution in [0, 0.1) is 0 Å². The summed E-state index contributed by atoms with van der Waals surface area (Å²) in [5.41, 5.74) is 1.04. The van der Waals surface area contributed by atoms with Crippen LogP contribution in [0.4, 0.5) is 5.69 Å². The molecule has 0 N–H and O–H groups in total. The van der Waals surface area contributed by atoms with Gasteiger partial charge < -0.3 is 9.64 Å². The van der Waals surface area contributed by atoms with Gasteiger partial charge in [0.15, 0.2) is 0 Å². The first-order valence-electron chi connectivity index (χ1n) is 7.16. The Kier molecular flexibility index (Phi) is 5.44. The Hall–Kier alpha value is -2.01. The highest BCUT2D eigenvalue weighted by Gasteiger charge is 2.05. The zero-order chi connectivity index (χ0) is 16.0. The molecule has 2 aromatic carbocycles. The molecule has 0 unspecified atom stereocenters. The maximum atomic E-state index is 11.1. The minimum atomic E-state index is -2.89. The van der Waals surface area contributed by atoms with Crippen LogP contribution < -0.4 is 9.64 Å². The molecule has 0 saturated heterocycles. The molecule has 0 bridgehead atoms. The molecule has 0 spiro atoms. The third kappa shape index (κ3) is 5.41. The summed E-state index contributed by atoms with van der Waals surface area (Å²) < 4.78 is 28.0. The van der Waals surface area contributed by atoms with E-state index in [2.05, 4.69) is 0 Å². The van der Waals surface area contributed by atoms with Gasteiger partial charge in [0.05, 0.1) is 5.75 Å². The van der Waals surface area contributed by atoms with Gasteiger partial charge in [0.2, 0.25) is 0 Å². The molecular formula is C17H21NO3S. The lowest BCUT2D eigenvalue weighted by molar-refractivity contribution is 0.482. The van der Waals surface area contributed by atoms with Crippen molar-refractivity contribution in [3.8, 4) is 11.5 Å². The molecule has 0 heterocycles. The van der Waals surface area contributed by atoms with Crippen molar-refractivity contribution in [2.45, 2.75) is 6.42 Å². The highest BCUT2D eigenvalue weighted by atomic mass is 32.2. The summed E-state index contributed by atoms with van der Waals surface area (Å²) in [6, 6.07) is 17.4. The van der Waals surface area contributed by atoms with Crippen LogP contribution in [-0.2, 0) is 9.84 Å². The molecular weight excluding hydrogens is 298 g/mol. The fourth-order valence-corrected chi connectivity index (χ4v) is 2.74. The molecule has 0 aliphatic carbocycles. The van der Waals surface area contributed by atoms with E-state index in [1.54, 1.807) is 0 Å². The predicted molar refractivity (Wildman–Crippen MR) is 90.6 cm³/mol. The van der Waals surface area contributed by atoms with E-state index in [4.69, 9.17) is 4.74 Å². The zero-order valence-electron chi connectivity index (χ0n) is 12.9. The molecule has 4 nitrogen and oxygen atoms in total. The van der Waals surface area contributed by atoms with Crippen LogP contribution in [0.15, 0.2) is 54.6 Å². The van der Waals surface area contributed by atoms with E-state index < -0.39 is 9.84 Å². The Morgan fingerprint density at radius 1 is 0.955 bits per heavy atom. The Labute approximate surface area is 132 Å². The van der Waals surface area contributed by atoms with E-state index in [0.29, 0.717) is 13.0 Å². The topological polar surface area (TPSA) is 46.6 Å². The molecule has 0 aliphatic heterocycles. The number of anilines is 1. The van der Waals surface area contributed by atoms with Crippen molar-refractivity contribution in [3.05, 3.63) is 54.6 Å². The molecule has 2 aromatic rings. The molecule has 0 aliphatic rings. The third-order valence-electron chi connectivity index (χ3n) is 3.27. The molecule has 118 valence electrons. The number of ether oxygens (including phenoxy) is 1. The second kappa shape index (κ2) is 7.31. The molecule has 2 rings (SSSR count). The number of hydrogen-bond donors (Lipinski definition) is 0. The number of rotatable bonds is 7. The van der Waals surface area contributed by atoms with E-state index in [9.17, 15) is 8.42 Å². The molecule has 0 radical (unpaired) electrons. The van der Waals surface area contributed by atoms with Crippen molar-refractivity contribution < 1.29 is 13.2 Å². The van der Waals surface area contributed by atoms with Gasteiger partial charge in [-0.1, -0.05) is 18.2 Å². The number of sulfone groups is 1. The number of hydrogen-bond acceptors (Lipinski definition) is 4. The monoisotopic (exact) mass is 319 g/mol. The smallest absolute Gasteiger partial charge is 0.147 e. The predicted octanol–water partition coefficient (Wildman–Crippen LogP) is 3.35. The lowest BCUT2D eigenvalue weighted by atomic mass is 10.2. The lowest BCUT2D eigenvalue weighted by Crippen LogP contribution is -2.20. The Morgan fingerprint density at radius 2 is 1.55 bits per heavy atom. The van der Waals surface area contributed by atoms with E-state index in [1.165, 1.54) is 6.26 Å². The summed E-state index contributed by atoms with van der Waals surface area (Å²) in [6.07, 6.45) is 1.89. The molecule has 0 fully saturated rings. The van der Waals surface area contributed by atoms with Crippen LogP contribution >= 0.6 is 0 Å². The summed E-state index contributed by atoms with van der Waals surface area (Å²) in [5.74, 6) is 1.79. The highest BCUT2D eigenvalue weighted by molar-refractivity contribution is 7.90. The Morgan fingerprint density at radius 3 is 2.14 bits per heavy atom. The van der Waals surface area contributed by atoms with Crippen molar-refractivity contribution >= 4 is 15.5 Å². The normalized spacial score (nSPS) is 11.2. The van der Waals surface area contributed by atoms with Gasteiger partial charge in [0.25, 0.3) is 0 Å². The maximum Gasteiger partial charge on any atom is 0.147 e. The van der Waals surface area contributed by atoms with Crippen LogP contribution in [0.3, 0.4) is 0 Å². The van der Waals surface area contributed by atoms with E-state index in [0.717, 1.165) is 17.2 Å². The summed E-state index contributed by atoms with van der Waals surface area (Å²) in [5, 5.41) is 0. The first-order chi connectivity index (χ1) is 10.4. The quantitative estimate of drug-likeness (QED) is 0.785. The SMILES string of the molecule is CN(CCCS(C)(=O)=O)c1ccc(Oc2ccccc2)cc1. The lowest BCUT2D eigenvalue weighted by Gasteiger charge is -2.19. The minimum Gasteiger partial charge on any atom is -0.457 e. The Balaban J connectivity index is 1.91. The molecule has 0 amide bonds. The van der Waals surface area contributed by atoms with Crippen LogP contribution in [0.5, 0.6) is 11.5 Å². The fourth-order valence-electron chi connectivity index (χ4n) is 2.09. The summed E-state index contributed by atoms with van der Waals surface area (Å²) >= 11 is 0. The van der Waals surface area contributed by atoms with Gasteiger partial charge in [-0.25, -0.2) is 8.42 Å². The van der Waals surface area contributed by atoms with Gasteiger partial charge in [-0.05, 0) is 42.8 Å². The van der Waals surface area contributed by atoms with Gasteiger partial charge in [0.1, 0.15) is 21.3 Å². The van der Waals surface area contributed by atoms with Crippen molar-refractivity contribution in [1.29, 1.82) is 0 Å². The van der Waals surface area contributed by atoms with Gasteiger partial charge >= 0.3 is 0 Å². The van der Waals surface area contributed by atoms with Crippen molar-refractivity contribution in [3.63, 3.8) is 0 Å². The standard InChI is InChI=1S/C17H21NO3S/c1-18(13-6-14-22(2,19)20)15-9-11-17(12-10-15)21-16-7-4-3-5-8-16/h3-5,7-12H,6,13-14H2,1-2H3. The van der Waals surface area contributed by atoms with E-state index in [1.807, 2.05) is 66.5 Å². The van der Waals surface area contributed by atoms with Crippen molar-refractivity contribution in [2.75, 3.05) is 30.5 Å². The third-order valence-corrected chi connectivity index (χ3v) is 4.30. The Bertz CT molecular complexity index is 682. The average Bonchev–Trinajstić information content (AvgIpc) is 2.47. The second-order valence-electron chi connectivity index (χ2n) is 5.31. The summed E-state index contributed by atoms with van der Waals surface area (Å²) in [4.78, 5) is 2.04. The van der Waals surface area contributed by atoms with E-state index >= 15 is 0 Å². The molecule has 22 heavy (non-hydrogen) atoms. The number of nitrogens with zero attached hydrogens (tertiary/aromatic N) is 1. The van der Waals surface area contributed by atoms with Crippen LogP contribution in [0.2, 0.25) is 0 Å². The van der Waals surface area contributed by atoms with E-state index in [-0.39, 0.29) is 5.75 Å². The number of para-hydroxylation sites is 1. The molecule has 0 aromatic heterocycles. The first-order valence-corrected chi connectivity index (χ1v) is 9.22.